The summed E-state index contributed by atoms with van der Waals surface area (Å²) in [5, 5.41) is 9.77. The Morgan fingerprint density at radius 2 is 1.32 bits per heavy atom. The fourth-order valence-electron chi connectivity index (χ4n) is 3.69. The van der Waals surface area contributed by atoms with E-state index in [2.05, 4.69) is 0 Å². The Kier molecular flexibility index (Phi) is 14.5. The largest absolute Gasteiger partial charge is 0.514 e. The molecule has 0 amide bonds. The fourth-order valence-corrected chi connectivity index (χ4v) is 3.69. The molecule has 0 heterocycles. The van der Waals surface area contributed by atoms with Crippen molar-refractivity contribution in [1.29, 1.82) is 0 Å². The van der Waals surface area contributed by atoms with Crippen molar-refractivity contribution >= 4 is 24.2 Å². The lowest BCUT2D eigenvalue weighted by atomic mass is 9.79. The molecule has 0 radical (unpaired) electrons. The van der Waals surface area contributed by atoms with Gasteiger partial charge in [-0.1, -0.05) is 47.1 Å². The minimum Gasteiger partial charge on any atom is -0.480 e. The number of aliphatic carboxylic acids is 1. The Bertz CT molecular complexity index is 997. The van der Waals surface area contributed by atoms with Crippen LogP contribution in [-0.4, -0.2) is 53.7 Å². The third-order valence-corrected chi connectivity index (χ3v) is 6.99. The molecule has 0 aliphatic carbocycles. The Labute approximate surface area is 236 Å². The molecule has 1 aromatic rings. The highest BCUT2D eigenvalue weighted by atomic mass is 16.7. The van der Waals surface area contributed by atoms with E-state index in [-0.39, 0.29) is 23.8 Å². The molecular formula is C29H45NO10. The maximum Gasteiger partial charge on any atom is 0.514 e. The molecule has 6 unspecified atom stereocenters. The van der Waals surface area contributed by atoms with Crippen molar-refractivity contribution in [3.63, 3.8) is 0 Å². The second-order valence-electron chi connectivity index (χ2n) is 10.2. The average Bonchev–Trinajstić information content (AvgIpc) is 2.89. The van der Waals surface area contributed by atoms with Crippen LogP contribution in [0.5, 0.6) is 11.5 Å². The zero-order valence-corrected chi connectivity index (χ0v) is 24.8. The number of hydrogen-bond acceptors (Lipinski definition) is 10. The standard InChI is InChI=1S/C29H45NO10/c1-9-16(4)14-24(31)38-20(8)19(7)25(26(30)27(32)33)21-12-13-22(39-28(34)36-17(5)10-2)23(15-21)40-29(35)37-18(6)11-3/h12-13,15-20,25-26H,9-11,14,30H2,1-8H3,(H,32,33)/t16?,17?,18?,19?,20?,25?,26-/m0/s1. The molecule has 0 saturated carbocycles. The van der Waals surface area contributed by atoms with Gasteiger partial charge in [-0.2, -0.15) is 0 Å². The van der Waals surface area contributed by atoms with E-state index in [9.17, 15) is 24.3 Å². The Hall–Kier alpha value is -3.34. The van der Waals surface area contributed by atoms with E-state index < -0.39 is 60.4 Å². The number of carbonyl (C=O) groups is 4. The molecular weight excluding hydrogens is 522 g/mol. The molecule has 1 rings (SSSR count). The zero-order chi connectivity index (χ0) is 30.6. The number of benzene rings is 1. The lowest BCUT2D eigenvalue weighted by molar-refractivity contribution is -0.152. The van der Waals surface area contributed by atoms with Crippen LogP contribution in [0.4, 0.5) is 9.59 Å². The van der Waals surface area contributed by atoms with Crippen LogP contribution in [0.2, 0.25) is 0 Å². The number of rotatable bonds is 15. The predicted octanol–water partition coefficient (Wildman–Crippen LogP) is 5.81. The first kappa shape index (κ1) is 34.7. The van der Waals surface area contributed by atoms with Gasteiger partial charge in [0.1, 0.15) is 24.4 Å². The number of nitrogens with two attached hydrogens (primary N) is 1. The average molecular weight is 568 g/mol. The summed E-state index contributed by atoms with van der Waals surface area (Å²) in [6.07, 6.45) is -1.42. The van der Waals surface area contributed by atoms with E-state index in [1.165, 1.54) is 18.2 Å². The molecule has 0 aliphatic heterocycles. The van der Waals surface area contributed by atoms with Gasteiger partial charge in [-0.05, 0) is 57.2 Å². The van der Waals surface area contributed by atoms with Gasteiger partial charge in [0, 0.05) is 18.3 Å². The third-order valence-electron chi connectivity index (χ3n) is 6.99. The van der Waals surface area contributed by atoms with Crippen molar-refractivity contribution in [3.05, 3.63) is 23.8 Å². The summed E-state index contributed by atoms with van der Waals surface area (Å²) in [5.41, 5.74) is 6.47. The van der Waals surface area contributed by atoms with Gasteiger partial charge in [0.2, 0.25) is 0 Å². The van der Waals surface area contributed by atoms with Crippen molar-refractivity contribution in [3.8, 4) is 11.5 Å². The summed E-state index contributed by atoms with van der Waals surface area (Å²) < 4.78 is 26.6. The van der Waals surface area contributed by atoms with Gasteiger partial charge in [-0.15, -0.1) is 0 Å². The van der Waals surface area contributed by atoms with Gasteiger partial charge >= 0.3 is 24.2 Å². The summed E-state index contributed by atoms with van der Waals surface area (Å²) in [6, 6.07) is 2.83. The number of esters is 1. The second-order valence-corrected chi connectivity index (χ2v) is 10.2. The first-order valence-electron chi connectivity index (χ1n) is 13.8. The maximum absolute atomic E-state index is 12.5. The summed E-state index contributed by atoms with van der Waals surface area (Å²) >= 11 is 0. The van der Waals surface area contributed by atoms with Crippen LogP contribution in [0.3, 0.4) is 0 Å². The molecule has 1 aromatic carbocycles. The number of carboxylic acids is 1. The SMILES string of the molecule is CCC(C)CC(=O)OC(C)C(C)C(c1ccc(OC(=O)OC(C)CC)c(OC(=O)OC(C)CC)c1)[C@H](N)C(=O)O. The molecule has 3 N–H and O–H groups in total. The van der Waals surface area contributed by atoms with Crippen LogP contribution < -0.4 is 15.2 Å². The quantitative estimate of drug-likeness (QED) is 0.149. The highest BCUT2D eigenvalue weighted by Gasteiger charge is 2.36. The van der Waals surface area contributed by atoms with Crippen molar-refractivity contribution in [2.24, 2.45) is 17.6 Å². The topological polar surface area (TPSA) is 161 Å². The van der Waals surface area contributed by atoms with Crippen LogP contribution in [0.15, 0.2) is 18.2 Å². The Morgan fingerprint density at radius 3 is 1.80 bits per heavy atom. The van der Waals surface area contributed by atoms with Crippen molar-refractivity contribution in [2.75, 3.05) is 0 Å². The summed E-state index contributed by atoms with van der Waals surface area (Å²) in [4.78, 5) is 49.2. The van der Waals surface area contributed by atoms with Gasteiger partial charge in [0.15, 0.2) is 11.5 Å². The third kappa shape index (κ3) is 11.0. The molecule has 11 heteroatoms. The number of ether oxygens (including phenoxy) is 5. The smallest absolute Gasteiger partial charge is 0.480 e. The molecule has 0 aromatic heterocycles. The van der Waals surface area contributed by atoms with Crippen molar-refractivity contribution < 1.29 is 48.0 Å². The molecule has 40 heavy (non-hydrogen) atoms. The monoisotopic (exact) mass is 567 g/mol. The van der Waals surface area contributed by atoms with Crippen LogP contribution in [0.25, 0.3) is 0 Å². The van der Waals surface area contributed by atoms with Crippen LogP contribution in [0.1, 0.15) is 92.6 Å². The maximum atomic E-state index is 12.5. The van der Waals surface area contributed by atoms with Crippen LogP contribution >= 0.6 is 0 Å². The van der Waals surface area contributed by atoms with Crippen molar-refractivity contribution in [2.45, 2.75) is 111 Å². The Morgan fingerprint density at radius 1 is 0.800 bits per heavy atom. The number of carbonyl (C=O) groups excluding carboxylic acids is 3. The van der Waals surface area contributed by atoms with E-state index >= 15 is 0 Å². The van der Waals surface area contributed by atoms with E-state index in [1.54, 1.807) is 27.7 Å². The van der Waals surface area contributed by atoms with Gasteiger partial charge < -0.3 is 34.5 Å². The molecule has 11 nitrogen and oxygen atoms in total. The number of carboxylic acid groups (broad SMARTS) is 1. The first-order chi connectivity index (χ1) is 18.7. The van der Waals surface area contributed by atoms with Crippen LogP contribution in [-0.2, 0) is 23.8 Å². The predicted molar refractivity (Wildman–Crippen MR) is 147 cm³/mol. The lowest BCUT2D eigenvalue weighted by Crippen LogP contribution is -2.42. The molecule has 0 spiro atoms. The minimum atomic E-state index is -1.40. The Balaban J connectivity index is 3.43. The van der Waals surface area contributed by atoms with Gasteiger partial charge in [0.25, 0.3) is 0 Å². The lowest BCUT2D eigenvalue weighted by Gasteiger charge is -2.32. The van der Waals surface area contributed by atoms with Gasteiger partial charge in [-0.3, -0.25) is 9.59 Å². The van der Waals surface area contributed by atoms with E-state index in [0.717, 1.165) is 6.42 Å². The first-order valence-corrected chi connectivity index (χ1v) is 13.8. The number of hydrogen-bond donors (Lipinski definition) is 2. The van der Waals surface area contributed by atoms with Crippen molar-refractivity contribution in [1.82, 2.24) is 0 Å². The van der Waals surface area contributed by atoms with Gasteiger partial charge in [0.05, 0.1) is 0 Å². The molecule has 226 valence electrons. The summed E-state index contributed by atoms with van der Waals surface area (Å²) in [5.74, 6) is -3.29. The highest BCUT2D eigenvalue weighted by Crippen LogP contribution is 2.37. The molecule has 0 aliphatic rings. The minimum absolute atomic E-state index is 0.138. The highest BCUT2D eigenvalue weighted by molar-refractivity contribution is 5.75. The van der Waals surface area contributed by atoms with E-state index in [4.69, 9.17) is 29.4 Å². The molecule has 0 bridgehead atoms. The fraction of sp³-hybridized carbons (Fsp3) is 0.655. The van der Waals surface area contributed by atoms with Gasteiger partial charge in [-0.25, -0.2) is 9.59 Å². The normalized spacial score (nSPS) is 16.3. The van der Waals surface area contributed by atoms with Crippen LogP contribution in [0, 0.1) is 11.8 Å². The van der Waals surface area contributed by atoms with E-state index in [0.29, 0.717) is 18.4 Å². The molecule has 7 atom stereocenters. The molecule has 0 saturated heterocycles. The zero-order valence-electron chi connectivity index (χ0n) is 24.8. The second kappa shape index (κ2) is 16.7. The summed E-state index contributed by atoms with van der Waals surface area (Å²) in [7, 11) is 0. The van der Waals surface area contributed by atoms with E-state index in [1.807, 2.05) is 27.7 Å². The molecule has 0 fully saturated rings. The summed E-state index contributed by atoms with van der Waals surface area (Å²) in [6.45, 7) is 14.4.